The normalized spacial score (nSPS) is 13.5. The molecule has 9 heteroatoms. The number of anilines is 2. The molecule has 1 N–H and O–H groups in total. The van der Waals surface area contributed by atoms with E-state index in [0.717, 1.165) is 5.56 Å². The van der Waals surface area contributed by atoms with Crippen LogP contribution in [0.15, 0.2) is 60.9 Å². The topological polar surface area (TPSA) is 107 Å². The van der Waals surface area contributed by atoms with E-state index < -0.39 is 10.8 Å². The summed E-state index contributed by atoms with van der Waals surface area (Å²) in [5.74, 6) is 0.829. The maximum Gasteiger partial charge on any atom is 0.270 e. The predicted octanol–water partition coefficient (Wildman–Crippen LogP) is 4.18. The first-order valence-electron chi connectivity index (χ1n) is 10.1. The summed E-state index contributed by atoms with van der Waals surface area (Å²) >= 11 is 0. The highest BCUT2D eigenvalue weighted by molar-refractivity contribution is 6.08. The molecule has 1 saturated heterocycles. The Kier molecular flexibility index (Phi) is 6.27. The summed E-state index contributed by atoms with van der Waals surface area (Å²) in [7, 11) is 0. The number of aromatic nitrogens is 1. The highest BCUT2D eigenvalue weighted by atomic mass is 16.6. The molecule has 1 aromatic heterocycles. The molecule has 1 aliphatic heterocycles. The minimum atomic E-state index is -0.505. The van der Waals surface area contributed by atoms with Gasteiger partial charge < -0.3 is 19.7 Å². The Morgan fingerprint density at radius 2 is 2.00 bits per heavy atom. The molecule has 2 aromatic carbocycles. The Balaban J connectivity index is 1.57. The average molecular weight is 434 g/mol. The predicted molar refractivity (Wildman–Crippen MR) is 120 cm³/mol. The lowest BCUT2D eigenvalue weighted by Crippen LogP contribution is -2.37. The fourth-order valence-corrected chi connectivity index (χ4v) is 3.47. The Bertz CT molecular complexity index is 1130. The average Bonchev–Trinajstić information content (AvgIpc) is 2.81. The lowest BCUT2D eigenvalue weighted by Gasteiger charge is -2.30. The molecule has 164 valence electrons. The third kappa shape index (κ3) is 4.84. The first-order valence-corrected chi connectivity index (χ1v) is 10.1. The van der Waals surface area contributed by atoms with E-state index >= 15 is 0 Å². The van der Waals surface area contributed by atoms with Crippen molar-refractivity contribution in [3.8, 4) is 11.5 Å². The number of amides is 1. The van der Waals surface area contributed by atoms with Crippen LogP contribution in [0.25, 0.3) is 0 Å². The number of morpholine rings is 1. The molecule has 1 amide bonds. The van der Waals surface area contributed by atoms with Gasteiger partial charge in [-0.2, -0.15) is 0 Å². The monoisotopic (exact) mass is 434 g/mol. The molecule has 32 heavy (non-hydrogen) atoms. The van der Waals surface area contributed by atoms with Gasteiger partial charge in [-0.05, 0) is 48.9 Å². The Labute approximate surface area is 184 Å². The van der Waals surface area contributed by atoms with Crippen molar-refractivity contribution in [3.05, 3.63) is 82.2 Å². The van der Waals surface area contributed by atoms with Crippen LogP contribution in [-0.2, 0) is 4.74 Å². The van der Waals surface area contributed by atoms with Gasteiger partial charge in [0.15, 0.2) is 0 Å². The zero-order valence-corrected chi connectivity index (χ0v) is 17.5. The summed E-state index contributed by atoms with van der Waals surface area (Å²) in [6.45, 7) is 4.16. The first kappa shape index (κ1) is 21.3. The van der Waals surface area contributed by atoms with Crippen molar-refractivity contribution in [2.24, 2.45) is 0 Å². The van der Waals surface area contributed by atoms with Gasteiger partial charge in [-0.3, -0.25) is 19.9 Å². The molecule has 1 aliphatic rings. The standard InChI is InChI=1S/C23H22N4O5/c1-16-13-17(4-7-22(16)32-19-3-2-8-24-15-19)25-23(28)20-14-18(27(29)30)5-6-21(20)26-9-11-31-12-10-26/h2-8,13-15H,9-12H2,1H3,(H,25,28). The maximum atomic E-state index is 13.1. The molecular formula is C23H22N4O5. The molecule has 0 aliphatic carbocycles. The molecule has 0 unspecified atom stereocenters. The molecule has 2 heterocycles. The van der Waals surface area contributed by atoms with Crippen LogP contribution in [0.3, 0.4) is 0 Å². The van der Waals surface area contributed by atoms with Crippen molar-refractivity contribution in [1.82, 2.24) is 4.98 Å². The van der Waals surface area contributed by atoms with Gasteiger partial charge in [-0.15, -0.1) is 0 Å². The number of aryl methyl sites for hydroxylation is 1. The van der Waals surface area contributed by atoms with Gasteiger partial charge in [0.1, 0.15) is 11.5 Å². The van der Waals surface area contributed by atoms with Crippen LogP contribution in [0.1, 0.15) is 15.9 Å². The molecular weight excluding hydrogens is 412 g/mol. The van der Waals surface area contributed by atoms with Crippen LogP contribution in [0.2, 0.25) is 0 Å². The number of carbonyl (C=O) groups excluding carboxylic acids is 1. The van der Waals surface area contributed by atoms with E-state index in [4.69, 9.17) is 9.47 Å². The molecule has 0 atom stereocenters. The van der Waals surface area contributed by atoms with Gasteiger partial charge in [0.25, 0.3) is 11.6 Å². The van der Waals surface area contributed by atoms with Crippen molar-refractivity contribution in [2.45, 2.75) is 6.92 Å². The fraction of sp³-hybridized carbons (Fsp3) is 0.217. The molecule has 0 saturated carbocycles. The van der Waals surface area contributed by atoms with E-state index in [1.165, 1.54) is 12.1 Å². The van der Waals surface area contributed by atoms with Crippen molar-refractivity contribution in [3.63, 3.8) is 0 Å². The van der Waals surface area contributed by atoms with Gasteiger partial charge in [0.2, 0.25) is 0 Å². The summed E-state index contributed by atoms with van der Waals surface area (Å²) < 4.78 is 11.2. The second kappa shape index (κ2) is 9.44. The smallest absolute Gasteiger partial charge is 0.270 e. The number of nitrogens with zero attached hydrogens (tertiary/aromatic N) is 3. The Morgan fingerprint density at radius 3 is 2.69 bits per heavy atom. The number of hydrogen-bond acceptors (Lipinski definition) is 7. The third-order valence-corrected chi connectivity index (χ3v) is 5.08. The number of nitrogens with one attached hydrogen (secondary N) is 1. The second-order valence-corrected chi connectivity index (χ2v) is 7.28. The number of carbonyl (C=O) groups is 1. The molecule has 0 bridgehead atoms. The summed E-state index contributed by atoms with van der Waals surface area (Å²) in [5.41, 5.74) is 2.13. The largest absolute Gasteiger partial charge is 0.455 e. The summed E-state index contributed by atoms with van der Waals surface area (Å²) in [4.78, 5) is 29.9. The second-order valence-electron chi connectivity index (χ2n) is 7.28. The van der Waals surface area contributed by atoms with Gasteiger partial charge in [-0.1, -0.05) is 0 Å². The van der Waals surface area contributed by atoms with Gasteiger partial charge in [0, 0.05) is 37.1 Å². The Hall–Kier alpha value is -3.98. The van der Waals surface area contributed by atoms with E-state index in [1.807, 2.05) is 11.8 Å². The first-order chi connectivity index (χ1) is 15.5. The quantitative estimate of drug-likeness (QED) is 0.458. The zero-order valence-electron chi connectivity index (χ0n) is 17.5. The zero-order chi connectivity index (χ0) is 22.5. The minimum Gasteiger partial charge on any atom is -0.455 e. The number of ether oxygens (including phenoxy) is 2. The molecule has 3 aromatic rings. The van der Waals surface area contributed by atoms with Crippen LogP contribution in [-0.4, -0.2) is 42.1 Å². The minimum absolute atomic E-state index is 0.136. The van der Waals surface area contributed by atoms with Crippen molar-refractivity contribution >= 4 is 23.0 Å². The van der Waals surface area contributed by atoms with E-state index in [0.29, 0.717) is 49.2 Å². The van der Waals surface area contributed by atoms with E-state index in [2.05, 4.69) is 10.3 Å². The number of non-ortho nitro benzene ring substituents is 1. The van der Waals surface area contributed by atoms with Crippen LogP contribution in [0.4, 0.5) is 17.1 Å². The number of rotatable bonds is 6. The molecule has 4 rings (SSSR count). The maximum absolute atomic E-state index is 13.1. The lowest BCUT2D eigenvalue weighted by atomic mass is 10.1. The molecule has 0 spiro atoms. The Morgan fingerprint density at radius 1 is 1.19 bits per heavy atom. The van der Waals surface area contributed by atoms with Gasteiger partial charge in [-0.25, -0.2) is 0 Å². The highest BCUT2D eigenvalue weighted by Crippen LogP contribution is 2.29. The summed E-state index contributed by atoms with van der Waals surface area (Å²) in [6.07, 6.45) is 3.28. The molecule has 0 radical (unpaired) electrons. The number of hydrogen-bond donors (Lipinski definition) is 1. The van der Waals surface area contributed by atoms with Crippen molar-refractivity contribution in [1.29, 1.82) is 0 Å². The van der Waals surface area contributed by atoms with Gasteiger partial charge in [0.05, 0.1) is 35.6 Å². The van der Waals surface area contributed by atoms with E-state index in [9.17, 15) is 14.9 Å². The number of nitro benzene ring substituents is 1. The van der Waals surface area contributed by atoms with E-state index in [1.54, 1.807) is 48.8 Å². The third-order valence-electron chi connectivity index (χ3n) is 5.08. The lowest BCUT2D eigenvalue weighted by molar-refractivity contribution is -0.384. The van der Waals surface area contributed by atoms with Crippen LogP contribution < -0.4 is 15.0 Å². The summed E-state index contributed by atoms with van der Waals surface area (Å²) in [6, 6.07) is 13.2. The highest BCUT2D eigenvalue weighted by Gasteiger charge is 2.22. The number of pyridine rings is 1. The summed E-state index contributed by atoms with van der Waals surface area (Å²) in [5, 5.41) is 14.1. The molecule has 9 nitrogen and oxygen atoms in total. The SMILES string of the molecule is Cc1cc(NC(=O)c2cc([N+](=O)[O-])ccc2N2CCOCC2)ccc1Oc1cccnc1. The molecule has 1 fully saturated rings. The van der Waals surface area contributed by atoms with Crippen LogP contribution in [0.5, 0.6) is 11.5 Å². The van der Waals surface area contributed by atoms with Crippen LogP contribution >= 0.6 is 0 Å². The number of nitro groups is 1. The fourth-order valence-electron chi connectivity index (χ4n) is 3.47. The number of benzene rings is 2. The van der Waals surface area contributed by atoms with Crippen LogP contribution in [0, 0.1) is 17.0 Å². The van der Waals surface area contributed by atoms with E-state index in [-0.39, 0.29) is 11.3 Å². The van der Waals surface area contributed by atoms with Crippen molar-refractivity contribution in [2.75, 3.05) is 36.5 Å². The van der Waals surface area contributed by atoms with Gasteiger partial charge >= 0.3 is 0 Å². The van der Waals surface area contributed by atoms with Crippen molar-refractivity contribution < 1.29 is 19.2 Å².